The molecule has 88 valence electrons. The fourth-order valence-electron chi connectivity index (χ4n) is 2.28. The molecule has 16 heavy (non-hydrogen) atoms. The van der Waals surface area contributed by atoms with Gasteiger partial charge in [0, 0.05) is 29.8 Å². The molecule has 3 heteroatoms. The number of fused-ring (bicyclic) bond motifs is 1. The van der Waals surface area contributed by atoms with Crippen LogP contribution in [-0.4, -0.2) is 24.9 Å². The first-order valence-electron chi connectivity index (χ1n) is 5.85. The molecule has 1 aromatic carbocycles. The summed E-state index contributed by atoms with van der Waals surface area (Å²) in [5, 5.41) is 0.654. The molecule has 1 heterocycles. The first-order valence-corrected chi connectivity index (χ1v) is 6.73. The highest BCUT2D eigenvalue weighted by molar-refractivity contribution is 8.00. The molecule has 0 saturated heterocycles. The molecule has 1 atom stereocenters. The van der Waals surface area contributed by atoms with Crippen molar-refractivity contribution in [2.45, 2.75) is 30.9 Å². The summed E-state index contributed by atoms with van der Waals surface area (Å²) in [6.07, 6.45) is 0. The van der Waals surface area contributed by atoms with Crippen LogP contribution in [0.15, 0.2) is 17.0 Å². The Labute approximate surface area is 102 Å². The van der Waals surface area contributed by atoms with E-state index in [0.717, 1.165) is 19.6 Å². The van der Waals surface area contributed by atoms with E-state index in [0.29, 0.717) is 5.25 Å². The molecule has 2 N–H and O–H groups in total. The van der Waals surface area contributed by atoms with Crippen LogP contribution >= 0.6 is 11.8 Å². The van der Waals surface area contributed by atoms with Crippen molar-refractivity contribution >= 4 is 17.4 Å². The second kappa shape index (κ2) is 4.68. The molecule has 0 bridgehead atoms. The van der Waals surface area contributed by atoms with E-state index in [1.165, 1.54) is 21.7 Å². The number of benzene rings is 1. The fraction of sp³-hybridized carbons (Fsp3) is 0.538. The summed E-state index contributed by atoms with van der Waals surface area (Å²) >= 11 is 1.98. The van der Waals surface area contributed by atoms with E-state index >= 15 is 0 Å². The van der Waals surface area contributed by atoms with Crippen molar-refractivity contribution in [3.63, 3.8) is 0 Å². The van der Waals surface area contributed by atoms with Crippen LogP contribution in [0.3, 0.4) is 0 Å². The zero-order valence-electron chi connectivity index (χ0n) is 10.3. The Kier molecular flexibility index (Phi) is 3.45. The van der Waals surface area contributed by atoms with Crippen molar-refractivity contribution in [3.05, 3.63) is 23.3 Å². The van der Waals surface area contributed by atoms with Gasteiger partial charge >= 0.3 is 0 Å². The van der Waals surface area contributed by atoms with Gasteiger partial charge in [-0.1, -0.05) is 13.0 Å². The normalized spacial score (nSPS) is 19.8. The molecule has 0 radical (unpaired) electrons. The SMILES string of the molecule is Cc1ccc2c(c1C)N(CCN)CC(C)S2. The Balaban J connectivity index is 2.45. The third-order valence-electron chi connectivity index (χ3n) is 3.19. The Bertz CT molecular complexity index is 390. The molecule has 1 aliphatic heterocycles. The van der Waals surface area contributed by atoms with Crippen molar-refractivity contribution < 1.29 is 0 Å². The number of anilines is 1. The molecule has 0 aromatic heterocycles. The fourth-order valence-corrected chi connectivity index (χ4v) is 3.51. The summed E-state index contributed by atoms with van der Waals surface area (Å²) < 4.78 is 0. The molecule has 0 fully saturated rings. The Morgan fingerprint density at radius 3 is 2.88 bits per heavy atom. The van der Waals surface area contributed by atoms with Crippen molar-refractivity contribution in [2.75, 3.05) is 24.5 Å². The summed E-state index contributed by atoms with van der Waals surface area (Å²) in [7, 11) is 0. The van der Waals surface area contributed by atoms with Gasteiger partial charge in [0.05, 0.1) is 5.69 Å². The zero-order chi connectivity index (χ0) is 11.7. The van der Waals surface area contributed by atoms with E-state index in [-0.39, 0.29) is 0 Å². The van der Waals surface area contributed by atoms with Gasteiger partial charge in [0.25, 0.3) is 0 Å². The highest BCUT2D eigenvalue weighted by atomic mass is 32.2. The zero-order valence-corrected chi connectivity index (χ0v) is 11.1. The van der Waals surface area contributed by atoms with Gasteiger partial charge in [0.1, 0.15) is 0 Å². The lowest BCUT2D eigenvalue weighted by Crippen LogP contribution is -2.37. The predicted molar refractivity (Wildman–Crippen MR) is 72.5 cm³/mol. The van der Waals surface area contributed by atoms with Crippen LogP contribution in [0, 0.1) is 13.8 Å². The maximum Gasteiger partial charge on any atom is 0.0537 e. The summed E-state index contributed by atoms with van der Waals surface area (Å²) in [6.45, 7) is 9.48. The minimum atomic E-state index is 0.654. The van der Waals surface area contributed by atoms with Gasteiger partial charge in [-0.05, 0) is 31.0 Å². The van der Waals surface area contributed by atoms with Crippen molar-refractivity contribution in [3.8, 4) is 0 Å². The number of thioether (sulfide) groups is 1. The average molecular weight is 236 g/mol. The van der Waals surface area contributed by atoms with Crippen molar-refractivity contribution in [1.82, 2.24) is 0 Å². The summed E-state index contributed by atoms with van der Waals surface area (Å²) in [4.78, 5) is 3.86. The van der Waals surface area contributed by atoms with Crippen LogP contribution < -0.4 is 10.6 Å². The predicted octanol–water partition coefficient (Wildman–Crippen LogP) is 2.56. The third-order valence-corrected chi connectivity index (χ3v) is 4.32. The number of nitrogens with zero attached hydrogens (tertiary/aromatic N) is 1. The molecule has 0 saturated carbocycles. The first kappa shape index (κ1) is 11.8. The second-order valence-corrected chi connectivity index (χ2v) is 6.00. The smallest absolute Gasteiger partial charge is 0.0537 e. The van der Waals surface area contributed by atoms with E-state index in [1.54, 1.807) is 0 Å². The van der Waals surface area contributed by atoms with E-state index in [1.807, 2.05) is 11.8 Å². The number of hydrogen-bond acceptors (Lipinski definition) is 3. The third kappa shape index (κ3) is 2.06. The molecule has 0 aliphatic carbocycles. The Morgan fingerprint density at radius 2 is 2.19 bits per heavy atom. The molecular weight excluding hydrogens is 216 g/mol. The number of rotatable bonds is 2. The highest BCUT2D eigenvalue weighted by Gasteiger charge is 2.23. The van der Waals surface area contributed by atoms with Crippen LogP contribution in [0.4, 0.5) is 5.69 Å². The lowest BCUT2D eigenvalue weighted by Gasteiger charge is -2.35. The molecule has 1 aromatic rings. The van der Waals surface area contributed by atoms with E-state index in [2.05, 4.69) is 37.8 Å². The van der Waals surface area contributed by atoms with E-state index in [9.17, 15) is 0 Å². The molecular formula is C13H20N2S. The number of aryl methyl sites for hydroxylation is 1. The standard InChI is InChI=1S/C13H20N2S/c1-9-4-5-12-13(11(9)3)15(7-6-14)8-10(2)16-12/h4-5,10H,6-8,14H2,1-3H3. The second-order valence-electron chi connectivity index (χ2n) is 4.52. The quantitative estimate of drug-likeness (QED) is 0.855. The summed E-state index contributed by atoms with van der Waals surface area (Å²) in [5.41, 5.74) is 9.89. The summed E-state index contributed by atoms with van der Waals surface area (Å²) in [5.74, 6) is 0. The van der Waals surface area contributed by atoms with Crippen molar-refractivity contribution in [1.29, 1.82) is 0 Å². The first-order chi connectivity index (χ1) is 7.63. The topological polar surface area (TPSA) is 29.3 Å². The molecule has 0 amide bonds. The lowest BCUT2D eigenvalue weighted by molar-refractivity contribution is 0.749. The van der Waals surface area contributed by atoms with Gasteiger partial charge in [0.15, 0.2) is 0 Å². The van der Waals surface area contributed by atoms with E-state index < -0.39 is 0 Å². The van der Waals surface area contributed by atoms with Crippen molar-refractivity contribution in [2.24, 2.45) is 5.73 Å². The lowest BCUT2D eigenvalue weighted by atomic mass is 10.1. The molecule has 1 unspecified atom stereocenters. The monoisotopic (exact) mass is 236 g/mol. The minimum Gasteiger partial charge on any atom is -0.368 e. The van der Waals surface area contributed by atoms with Crippen LogP contribution in [0.5, 0.6) is 0 Å². The van der Waals surface area contributed by atoms with Crippen LogP contribution in [0.25, 0.3) is 0 Å². The van der Waals surface area contributed by atoms with Crippen LogP contribution in [0.1, 0.15) is 18.1 Å². The Hall–Kier alpha value is -0.670. The van der Waals surface area contributed by atoms with Gasteiger partial charge in [0.2, 0.25) is 0 Å². The van der Waals surface area contributed by atoms with E-state index in [4.69, 9.17) is 5.73 Å². The largest absolute Gasteiger partial charge is 0.368 e. The summed E-state index contributed by atoms with van der Waals surface area (Å²) in [6, 6.07) is 4.47. The van der Waals surface area contributed by atoms with Gasteiger partial charge in [-0.15, -0.1) is 11.8 Å². The molecule has 1 aliphatic rings. The van der Waals surface area contributed by atoms with Gasteiger partial charge in [-0.25, -0.2) is 0 Å². The molecule has 2 rings (SSSR count). The number of nitrogens with two attached hydrogens (primary N) is 1. The van der Waals surface area contributed by atoms with Crippen LogP contribution in [0.2, 0.25) is 0 Å². The number of hydrogen-bond donors (Lipinski definition) is 1. The average Bonchev–Trinajstić information content (AvgIpc) is 2.23. The maximum atomic E-state index is 5.70. The minimum absolute atomic E-state index is 0.654. The highest BCUT2D eigenvalue weighted by Crippen LogP contribution is 2.41. The molecule has 0 spiro atoms. The molecule has 2 nitrogen and oxygen atoms in total. The van der Waals surface area contributed by atoms with Gasteiger partial charge in [-0.2, -0.15) is 0 Å². The van der Waals surface area contributed by atoms with Gasteiger partial charge in [-0.3, -0.25) is 0 Å². The van der Waals surface area contributed by atoms with Crippen LogP contribution in [-0.2, 0) is 0 Å². The van der Waals surface area contributed by atoms with Gasteiger partial charge < -0.3 is 10.6 Å². The Morgan fingerprint density at radius 1 is 1.44 bits per heavy atom. The maximum absolute atomic E-state index is 5.70.